The molecule has 4 nitrogen and oxygen atoms in total. The molecule has 0 aromatic heterocycles. The summed E-state index contributed by atoms with van der Waals surface area (Å²) in [7, 11) is 0. The van der Waals surface area contributed by atoms with E-state index in [1.54, 1.807) is 13.0 Å². The van der Waals surface area contributed by atoms with Crippen LogP contribution in [0.15, 0.2) is 66.7 Å². The van der Waals surface area contributed by atoms with Gasteiger partial charge in [-0.15, -0.1) is 0 Å². The summed E-state index contributed by atoms with van der Waals surface area (Å²) in [6, 6.07) is 19.2. The van der Waals surface area contributed by atoms with Crippen LogP contribution in [0, 0.1) is 0 Å². The van der Waals surface area contributed by atoms with Crippen LogP contribution in [0.3, 0.4) is 0 Å². The summed E-state index contributed by atoms with van der Waals surface area (Å²) in [5.41, 5.74) is 1.94. The molecule has 2 aromatic carbocycles. The molecule has 0 fully saturated rings. The summed E-state index contributed by atoms with van der Waals surface area (Å²) in [4.78, 5) is 24.3. The third-order valence-corrected chi connectivity index (χ3v) is 3.97. The molecule has 0 aliphatic heterocycles. The Morgan fingerprint density at radius 1 is 1.04 bits per heavy atom. The van der Waals surface area contributed by atoms with Crippen molar-refractivity contribution < 1.29 is 14.3 Å². The van der Waals surface area contributed by atoms with Gasteiger partial charge in [-0.3, -0.25) is 4.79 Å². The summed E-state index contributed by atoms with van der Waals surface area (Å²) in [6.45, 7) is 3.65. The van der Waals surface area contributed by atoms with Gasteiger partial charge in [0.15, 0.2) is 6.10 Å². The molecule has 0 spiro atoms. The first-order valence-corrected chi connectivity index (χ1v) is 8.89. The highest BCUT2D eigenvalue weighted by molar-refractivity contribution is 5.90. The van der Waals surface area contributed by atoms with Crippen molar-refractivity contribution in [2.45, 2.75) is 38.8 Å². The molecular weight excluding hydrogens is 326 g/mol. The molecule has 0 heterocycles. The van der Waals surface area contributed by atoms with E-state index in [1.807, 2.05) is 60.7 Å². The zero-order valence-corrected chi connectivity index (χ0v) is 15.2. The Bertz CT molecular complexity index is 726. The molecule has 2 aromatic rings. The summed E-state index contributed by atoms with van der Waals surface area (Å²) >= 11 is 0. The minimum atomic E-state index is -0.856. The van der Waals surface area contributed by atoms with Gasteiger partial charge in [0.1, 0.15) is 0 Å². The Kier molecular flexibility index (Phi) is 7.62. The molecule has 0 aliphatic carbocycles. The van der Waals surface area contributed by atoms with Gasteiger partial charge in [-0.2, -0.15) is 0 Å². The summed E-state index contributed by atoms with van der Waals surface area (Å²) in [5, 5.41) is 2.97. The predicted octanol–water partition coefficient (Wildman–Crippen LogP) is 4.29. The first-order chi connectivity index (χ1) is 12.6. The van der Waals surface area contributed by atoms with Crippen LogP contribution in [-0.2, 0) is 14.3 Å². The number of rotatable bonds is 8. The molecular formula is C22H25NO3. The van der Waals surface area contributed by atoms with Crippen molar-refractivity contribution in [2.75, 3.05) is 0 Å². The third kappa shape index (κ3) is 6.20. The van der Waals surface area contributed by atoms with Crippen LogP contribution in [0.5, 0.6) is 0 Å². The number of nitrogens with one attached hydrogen (secondary N) is 1. The number of amides is 1. The lowest BCUT2D eigenvalue weighted by molar-refractivity contribution is -0.150. The van der Waals surface area contributed by atoms with E-state index >= 15 is 0 Å². The van der Waals surface area contributed by atoms with E-state index in [4.69, 9.17) is 4.74 Å². The minimum Gasteiger partial charge on any atom is -0.449 e. The van der Waals surface area contributed by atoms with E-state index in [9.17, 15) is 9.59 Å². The van der Waals surface area contributed by atoms with Crippen molar-refractivity contribution in [1.82, 2.24) is 5.32 Å². The fourth-order valence-corrected chi connectivity index (χ4v) is 2.58. The van der Waals surface area contributed by atoms with Gasteiger partial charge in [0, 0.05) is 6.08 Å². The molecule has 2 atom stereocenters. The predicted molar refractivity (Wildman–Crippen MR) is 103 cm³/mol. The van der Waals surface area contributed by atoms with Crippen LogP contribution in [-0.4, -0.2) is 18.0 Å². The fraction of sp³-hybridized carbons (Fsp3) is 0.273. The van der Waals surface area contributed by atoms with E-state index in [-0.39, 0.29) is 11.9 Å². The molecule has 2 rings (SSSR count). The van der Waals surface area contributed by atoms with Gasteiger partial charge in [-0.05, 0) is 30.5 Å². The van der Waals surface area contributed by atoms with Crippen LogP contribution < -0.4 is 5.32 Å². The minimum absolute atomic E-state index is 0.0882. The molecule has 136 valence electrons. The van der Waals surface area contributed by atoms with E-state index in [0.717, 1.165) is 24.0 Å². The monoisotopic (exact) mass is 351 g/mol. The van der Waals surface area contributed by atoms with Crippen molar-refractivity contribution in [2.24, 2.45) is 0 Å². The van der Waals surface area contributed by atoms with Crippen molar-refractivity contribution in [3.05, 3.63) is 77.9 Å². The highest BCUT2D eigenvalue weighted by Gasteiger charge is 2.20. The molecule has 26 heavy (non-hydrogen) atoms. The average Bonchev–Trinajstić information content (AvgIpc) is 2.67. The van der Waals surface area contributed by atoms with Gasteiger partial charge >= 0.3 is 5.97 Å². The Balaban J connectivity index is 1.91. The Morgan fingerprint density at radius 2 is 1.65 bits per heavy atom. The number of hydrogen-bond donors (Lipinski definition) is 1. The largest absolute Gasteiger partial charge is 0.449 e. The van der Waals surface area contributed by atoms with Crippen LogP contribution >= 0.6 is 0 Å². The number of carbonyl (C=O) groups excluding carboxylic acids is 2. The van der Waals surface area contributed by atoms with Gasteiger partial charge in [0.05, 0.1) is 6.04 Å². The van der Waals surface area contributed by atoms with Gasteiger partial charge in [-0.1, -0.05) is 74.0 Å². The summed E-state index contributed by atoms with van der Waals surface area (Å²) in [6.07, 6.45) is 3.90. The Morgan fingerprint density at radius 3 is 2.27 bits per heavy atom. The van der Waals surface area contributed by atoms with Crippen molar-refractivity contribution in [3.8, 4) is 0 Å². The van der Waals surface area contributed by atoms with E-state index in [2.05, 4.69) is 12.2 Å². The van der Waals surface area contributed by atoms with Gasteiger partial charge < -0.3 is 10.1 Å². The van der Waals surface area contributed by atoms with Crippen LogP contribution in [0.25, 0.3) is 6.08 Å². The fourth-order valence-electron chi connectivity index (χ4n) is 2.58. The van der Waals surface area contributed by atoms with E-state index < -0.39 is 12.1 Å². The molecule has 0 saturated carbocycles. The number of benzene rings is 2. The van der Waals surface area contributed by atoms with Crippen molar-refractivity contribution in [3.63, 3.8) is 0 Å². The van der Waals surface area contributed by atoms with E-state index in [1.165, 1.54) is 6.08 Å². The number of ether oxygens (including phenoxy) is 1. The molecule has 0 saturated heterocycles. The summed E-state index contributed by atoms with van der Waals surface area (Å²) < 4.78 is 5.21. The molecule has 1 amide bonds. The zero-order valence-electron chi connectivity index (χ0n) is 15.2. The highest BCUT2D eigenvalue weighted by atomic mass is 16.5. The molecule has 2 unspecified atom stereocenters. The lowest BCUT2D eigenvalue weighted by atomic mass is 10.0. The molecule has 0 radical (unpaired) electrons. The third-order valence-electron chi connectivity index (χ3n) is 3.97. The number of esters is 1. The molecule has 0 bridgehead atoms. The van der Waals surface area contributed by atoms with Gasteiger partial charge in [0.2, 0.25) is 0 Å². The second-order valence-corrected chi connectivity index (χ2v) is 6.08. The van der Waals surface area contributed by atoms with Crippen LogP contribution in [0.1, 0.15) is 43.9 Å². The van der Waals surface area contributed by atoms with Gasteiger partial charge in [-0.25, -0.2) is 4.79 Å². The first kappa shape index (κ1) is 19.4. The lowest BCUT2D eigenvalue weighted by Gasteiger charge is -2.21. The van der Waals surface area contributed by atoms with Crippen LogP contribution in [0.4, 0.5) is 0 Å². The average molecular weight is 351 g/mol. The molecule has 1 N–H and O–H groups in total. The van der Waals surface area contributed by atoms with Crippen molar-refractivity contribution >= 4 is 18.0 Å². The number of hydrogen-bond acceptors (Lipinski definition) is 3. The SMILES string of the molecule is CCCC(NC(=O)C(C)OC(=O)/C=C/c1ccccc1)c1ccccc1. The molecule has 0 aliphatic rings. The second-order valence-electron chi connectivity index (χ2n) is 6.08. The quantitative estimate of drug-likeness (QED) is 0.570. The maximum Gasteiger partial charge on any atom is 0.331 e. The maximum atomic E-state index is 12.4. The first-order valence-electron chi connectivity index (χ1n) is 8.89. The molecule has 4 heteroatoms. The topological polar surface area (TPSA) is 55.4 Å². The number of carbonyl (C=O) groups is 2. The van der Waals surface area contributed by atoms with Crippen molar-refractivity contribution in [1.29, 1.82) is 0 Å². The second kappa shape index (κ2) is 10.2. The lowest BCUT2D eigenvalue weighted by Crippen LogP contribution is -2.38. The Labute approximate surface area is 154 Å². The Hall–Kier alpha value is -2.88. The zero-order chi connectivity index (χ0) is 18.8. The van der Waals surface area contributed by atoms with Gasteiger partial charge in [0.25, 0.3) is 5.91 Å². The normalized spacial score (nSPS) is 13.2. The summed E-state index contributed by atoms with van der Waals surface area (Å²) in [5.74, 6) is -0.836. The maximum absolute atomic E-state index is 12.4. The smallest absolute Gasteiger partial charge is 0.331 e. The highest BCUT2D eigenvalue weighted by Crippen LogP contribution is 2.18. The van der Waals surface area contributed by atoms with E-state index in [0.29, 0.717) is 0 Å². The standard InChI is InChI=1S/C22H25NO3/c1-3-10-20(19-13-8-5-9-14-19)23-22(25)17(2)26-21(24)16-15-18-11-6-4-7-12-18/h4-9,11-17,20H,3,10H2,1-2H3,(H,23,25)/b16-15+. The van der Waals surface area contributed by atoms with Crippen LogP contribution in [0.2, 0.25) is 0 Å².